The fourth-order valence-corrected chi connectivity index (χ4v) is 2.39. The Bertz CT molecular complexity index is 357. The molecule has 0 aliphatic carbocycles. The van der Waals surface area contributed by atoms with E-state index in [4.69, 9.17) is 0 Å². The van der Waals surface area contributed by atoms with E-state index in [1.54, 1.807) is 6.07 Å². The highest BCUT2D eigenvalue weighted by Crippen LogP contribution is 2.38. The topological polar surface area (TPSA) is 12.0 Å². The summed E-state index contributed by atoms with van der Waals surface area (Å²) < 4.78 is 13.1. The first-order valence-corrected chi connectivity index (χ1v) is 5.05. The lowest BCUT2D eigenvalue weighted by Crippen LogP contribution is -2.34. The first-order valence-electron chi connectivity index (χ1n) is 5.05. The molecule has 1 aliphatic rings. The number of hydrogen-bond donors (Lipinski definition) is 1. The summed E-state index contributed by atoms with van der Waals surface area (Å²) in [4.78, 5) is 0. The summed E-state index contributed by atoms with van der Waals surface area (Å²) in [6, 6.07) is 5.46. The maximum atomic E-state index is 13.1. The monoisotopic (exact) mass is 193 g/mol. The van der Waals surface area contributed by atoms with E-state index in [-0.39, 0.29) is 11.2 Å². The Labute approximate surface area is 84.3 Å². The number of anilines is 1. The van der Waals surface area contributed by atoms with Crippen molar-refractivity contribution in [3.05, 3.63) is 29.6 Å². The van der Waals surface area contributed by atoms with E-state index in [0.717, 1.165) is 17.7 Å². The standard InChI is InChI=1S/C12H16FN/c1-8-7-12(2,3)10-6-9(13)4-5-11(10)14-8/h4-6,8,14H,7H2,1-3H3. The van der Waals surface area contributed by atoms with Gasteiger partial charge in [-0.15, -0.1) is 0 Å². The molecule has 1 aromatic carbocycles. The van der Waals surface area contributed by atoms with E-state index in [0.29, 0.717) is 6.04 Å². The van der Waals surface area contributed by atoms with E-state index in [1.807, 2.05) is 6.07 Å². The molecule has 1 N–H and O–H groups in total. The van der Waals surface area contributed by atoms with Gasteiger partial charge in [0.05, 0.1) is 0 Å². The van der Waals surface area contributed by atoms with E-state index >= 15 is 0 Å². The molecule has 76 valence electrons. The zero-order valence-corrected chi connectivity index (χ0v) is 8.89. The van der Waals surface area contributed by atoms with Gasteiger partial charge in [0, 0.05) is 11.7 Å². The maximum Gasteiger partial charge on any atom is 0.123 e. The zero-order chi connectivity index (χ0) is 10.3. The molecule has 0 aromatic heterocycles. The van der Waals surface area contributed by atoms with Crippen molar-refractivity contribution >= 4 is 5.69 Å². The lowest BCUT2D eigenvalue weighted by atomic mass is 9.76. The summed E-state index contributed by atoms with van der Waals surface area (Å²) in [5.41, 5.74) is 2.24. The smallest absolute Gasteiger partial charge is 0.123 e. The molecule has 1 nitrogen and oxygen atoms in total. The van der Waals surface area contributed by atoms with Crippen molar-refractivity contribution in [3.8, 4) is 0 Å². The van der Waals surface area contributed by atoms with Crippen molar-refractivity contribution in [2.24, 2.45) is 0 Å². The third kappa shape index (κ3) is 1.49. The summed E-state index contributed by atoms with van der Waals surface area (Å²) >= 11 is 0. The second kappa shape index (κ2) is 2.97. The second-order valence-electron chi connectivity index (χ2n) is 4.82. The highest BCUT2D eigenvalue weighted by atomic mass is 19.1. The quantitative estimate of drug-likeness (QED) is 0.666. The van der Waals surface area contributed by atoms with Crippen LogP contribution in [0.2, 0.25) is 0 Å². The molecule has 1 unspecified atom stereocenters. The molecule has 1 heterocycles. The van der Waals surface area contributed by atoms with Crippen molar-refractivity contribution < 1.29 is 4.39 Å². The van der Waals surface area contributed by atoms with Crippen LogP contribution in [0.15, 0.2) is 18.2 Å². The van der Waals surface area contributed by atoms with Gasteiger partial charge < -0.3 is 5.32 Å². The molecule has 0 saturated heterocycles. The summed E-state index contributed by atoms with van der Waals surface area (Å²) in [5, 5.41) is 3.38. The molecule has 0 fully saturated rings. The molecule has 1 aliphatic heterocycles. The Morgan fingerprint density at radius 3 is 2.86 bits per heavy atom. The molecule has 0 amide bonds. The number of fused-ring (bicyclic) bond motifs is 1. The Balaban J connectivity index is 2.53. The van der Waals surface area contributed by atoms with Crippen LogP contribution in [0.5, 0.6) is 0 Å². The first kappa shape index (κ1) is 9.50. The molecule has 2 heteroatoms. The van der Waals surface area contributed by atoms with Gasteiger partial charge >= 0.3 is 0 Å². The van der Waals surface area contributed by atoms with Gasteiger partial charge in [0.1, 0.15) is 5.82 Å². The Morgan fingerprint density at radius 1 is 1.43 bits per heavy atom. The molecular formula is C12H16FN. The average Bonchev–Trinajstić information content (AvgIpc) is 2.05. The molecule has 0 radical (unpaired) electrons. The van der Waals surface area contributed by atoms with Gasteiger partial charge in [-0.05, 0) is 42.5 Å². The first-order chi connectivity index (χ1) is 6.49. The largest absolute Gasteiger partial charge is 0.382 e. The minimum absolute atomic E-state index is 0.0715. The Hall–Kier alpha value is -1.05. The number of hydrogen-bond acceptors (Lipinski definition) is 1. The fraction of sp³-hybridized carbons (Fsp3) is 0.500. The van der Waals surface area contributed by atoms with Crippen LogP contribution < -0.4 is 5.32 Å². The normalized spacial score (nSPS) is 23.9. The van der Waals surface area contributed by atoms with Crippen LogP contribution in [-0.4, -0.2) is 6.04 Å². The molecule has 0 saturated carbocycles. The van der Waals surface area contributed by atoms with Crippen LogP contribution in [0.3, 0.4) is 0 Å². The van der Waals surface area contributed by atoms with Gasteiger partial charge in [0.25, 0.3) is 0 Å². The van der Waals surface area contributed by atoms with Crippen molar-refractivity contribution in [3.63, 3.8) is 0 Å². The van der Waals surface area contributed by atoms with Gasteiger partial charge in [0.2, 0.25) is 0 Å². The maximum absolute atomic E-state index is 13.1. The zero-order valence-electron chi connectivity index (χ0n) is 8.89. The van der Waals surface area contributed by atoms with Crippen LogP contribution in [0.25, 0.3) is 0 Å². The summed E-state index contributed by atoms with van der Waals surface area (Å²) in [5.74, 6) is -0.145. The lowest BCUT2D eigenvalue weighted by Gasteiger charge is -2.37. The predicted octanol–water partition coefficient (Wildman–Crippen LogP) is 3.31. The minimum Gasteiger partial charge on any atom is -0.382 e. The molecular weight excluding hydrogens is 177 g/mol. The highest BCUT2D eigenvalue weighted by molar-refractivity contribution is 5.57. The third-order valence-electron chi connectivity index (χ3n) is 2.93. The van der Waals surface area contributed by atoms with Crippen LogP contribution in [0.4, 0.5) is 10.1 Å². The number of benzene rings is 1. The SMILES string of the molecule is CC1CC(C)(C)c2cc(F)ccc2N1. The van der Waals surface area contributed by atoms with Gasteiger partial charge in [0.15, 0.2) is 0 Å². The molecule has 0 spiro atoms. The summed E-state index contributed by atoms with van der Waals surface area (Å²) in [6.45, 7) is 6.50. The van der Waals surface area contributed by atoms with E-state index in [1.165, 1.54) is 6.07 Å². The van der Waals surface area contributed by atoms with Crippen molar-refractivity contribution in [1.29, 1.82) is 0 Å². The van der Waals surface area contributed by atoms with Crippen LogP contribution >= 0.6 is 0 Å². The Morgan fingerprint density at radius 2 is 2.14 bits per heavy atom. The lowest BCUT2D eigenvalue weighted by molar-refractivity contribution is 0.431. The minimum atomic E-state index is -0.145. The number of halogens is 1. The fourth-order valence-electron chi connectivity index (χ4n) is 2.39. The van der Waals surface area contributed by atoms with E-state index in [2.05, 4.69) is 26.1 Å². The van der Waals surface area contributed by atoms with E-state index < -0.39 is 0 Å². The molecule has 2 rings (SSSR count). The van der Waals surface area contributed by atoms with Crippen molar-refractivity contribution in [1.82, 2.24) is 0 Å². The molecule has 1 aromatic rings. The summed E-state index contributed by atoms with van der Waals surface area (Å²) in [6.07, 6.45) is 1.05. The van der Waals surface area contributed by atoms with E-state index in [9.17, 15) is 4.39 Å². The van der Waals surface area contributed by atoms with Gasteiger partial charge in [-0.25, -0.2) is 4.39 Å². The molecule has 14 heavy (non-hydrogen) atoms. The van der Waals surface area contributed by atoms with Gasteiger partial charge in [-0.3, -0.25) is 0 Å². The molecule has 1 atom stereocenters. The average molecular weight is 193 g/mol. The second-order valence-corrected chi connectivity index (χ2v) is 4.82. The summed E-state index contributed by atoms with van der Waals surface area (Å²) in [7, 11) is 0. The molecule has 0 bridgehead atoms. The van der Waals surface area contributed by atoms with Crippen molar-refractivity contribution in [2.75, 3.05) is 5.32 Å². The number of nitrogens with one attached hydrogen (secondary N) is 1. The van der Waals surface area contributed by atoms with Crippen molar-refractivity contribution in [2.45, 2.75) is 38.6 Å². The Kier molecular flexibility index (Phi) is 2.02. The predicted molar refractivity (Wildman–Crippen MR) is 57.1 cm³/mol. The van der Waals surface area contributed by atoms with Gasteiger partial charge in [-0.1, -0.05) is 13.8 Å². The van der Waals surface area contributed by atoms with Crippen LogP contribution in [-0.2, 0) is 5.41 Å². The number of rotatable bonds is 0. The van der Waals surface area contributed by atoms with Crippen LogP contribution in [0, 0.1) is 5.82 Å². The van der Waals surface area contributed by atoms with Crippen LogP contribution in [0.1, 0.15) is 32.8 Å². The van der Waals surface area contributed by atoms with Gasteiger partial charge in [-0.2, -0.15) is 0 Å². The highest BCUT2D eigenvalue weighted by Gasteiger charge is 2.30. The third-order valence-corrected chi connectivity index (χ3v) is 2.93.